The molecule has 1 amide bonds. The number of rotatable bonds is 6. The summed E-state index contributed by atoms with van der Waals surface area (Å²) in [5.41, 5.74) is -0.682. The maximum atomic E-state index is 16.0. The van der Waals surface area contributed by atoms with Gasteiger partial charge in [-0.25, -0.2) is 18.3 Å². The van der Waals surface area contributed by atoms with E-state index in [2.05, 4.69) is 15.3 Å². The van der Waals surface area contributed by atoms with Gasteiger partial charge in [0.05, 0.1) is 27.5 Å². The standard InChI is InChI=1S/C32H28Cl2F2N4O4/c1-32(31(43)37-18-5-2-4-17(33)10-18)27(19-6-3-7-23(34)28(19)36)22-14-40-29(44-15-26(22)39(32)13-16-8-9-16)21-11-20(30(41)42)24(35)12-25(21)38-40/h2-7,10-12,16,22,26-27H,8-9,13-15H2,1H3,(H,37,43)(H,41,42)/t22-,26+,27+,32-/m1/s1. The third-order valence-corrected chi connectivity index (χ3v) is 9.85. The summed E-state index contributed by atoms with van der Waals surface area (Å²) in [7, 11) is 0. The Bertz CT molecular complexity index is 1830. The molecule has 3 aromatic carbocycles. The molecule has 12 heteroatoms. The Morgan fingerprint density at radius 2 is 1.91 bits per heavy atom. The van der Waals surface area contributed by atoms with E-state index in [9.17, 15) is 19.1 Å². The lowest BCUT2D eigenvalue weighted by molar-refractivity contribution is -0.127. The first-order valence-electron chi connectivity index (χ1n) is 14.4. The number of hydrogen-bond donors (Lipinski definition) is 2. The molecule has 0 bridgehead atoms. The summed E-state index contributed by atoms with van der Waals surface area (Å²) < 4.78 is 38.5. The van der Waals surface area contributed by atoms with Crippen LogP contribution in [0.5, 0.6) is 5.88 Å². The number of anilines is 1. The van der Waals surface area contributed by atoms with Crippen LogP contribution in [-0.4, -0.2) is 56.4 Å². The zero-order chi connectivity index (χ0) is 30.9. The van der Waals surface area contributed by atoms with Crippen LogP contribution in [0.4, 0.5) is 14.5 Å². The minimum absolute atomic E-state index is 0.0515. The molecule has 4 atom stereocenters. The highest BCUT2D eigenvalue weighted by atomic mass is 35.5. The highest BCUT2D eigenvalue weighted by molar-refractivity contribution is 6.31. The van der Waals surface area contributed by atoms with Crippen LogP contribution >= 0.6 is 23.2 Å². The number of carbonyl (C=O) groups excluding carboxylic acids is 1. The number of carboxylic acid groups (broad SMARTS) is 1. The van der Waals surface area contributed by atoms with Crippen molar-refractivity contribution in [2.45, 2.75) is 43.8 Å². The van der Waals surface area contributed by atoms with Crippen LogP contribution < -0.4 is 10.1 Å². The van der Waals surface area contributed by atoms with E-state index < -0.39 is 40.5 Å². The van der Waals surface area contributed by atoms with Crippen LogP contribution in [-0.2, 0) is 11.3 Å². The van der Waals surface area contributed by atoms with E-state index >= 15 is 4.39 Å². The molecule has 1 aliphatic carbocycles. The summed E-state index contributed by atoms with van der Waals surface area (Å²) in [5.74, 6) is -3.64. The molecule has 8 nitrogen and oxygen atoms in total. The number of hydrogen-bond acceptors (Lipinski definition) is 5. The number of nitrogens with zero attached hydrogens (tertiary/aromatic N) is 3. The summed E-state index contributed by atoms with van der Waals surface area (Å²) in [6, 6.07) is 13.6. The summed E-state index contributed by atoms with van der Waals surface area (Å²) >= 11 is 12.5. The zero-order valence-corrected chi connectivity index (χ0v) is 25.1. The Morgan fingerprint density at radius 3 is 2.64 bits per heavy atom. The molecule has 7 rings (SSSR count). The lowest BCUT2D eigenvalue weighted by atomic mass is 9.74. The van der Waals surface area contributed by atoms with Gasteiger partial charge in [0.1, 0.15) is 23.8 Å². The normalized spacial score (nSPS) is 24.8. The second-order valence-electron chi connectivity index (χ2n) is 12.0. The number of halogens is 4. The molecule has 1 aromatic heterocycles. The van der Waals surface area contributed by atoms with Gasteiger partial charge in [-0.05, 0) is 61.6 Å². The number of carboxylic acids is 1. The molecule has 0 radical (unpaired) electrons. The fraction of sp³-hybridized carbons (Fsp3) is 0.344. The third-order valence-electron chi connectivity index (χ3n) is 9.32. The van der Waals surface area contributed by atoms with Crippen LogP contribution in [0.15, 0.2) is 54.6 Å². The molecule has 2 fully saturated rings. The molecule has 0 spiro atoms. The van der Waals surface area contributed by atoms with Gasteiger partial charge in [0.25, 0.3) is 0 Å². The van der Waals surface area contributed by atoms with Crippen molar-refractivity contribution in [1.82, 2.24) is 14.7 Å². The largest absolute Gasteiger partial charge is 0.478 e. The van der Waals surface area contributed by atoms with Crippen molar-refractivity contribution in [3.63, 3.8) is 0 Å². The first-order valence-corrected chi connectivity index (χ1v) is 15.2. The number of likely N-dealkylation sites (tertiary alicyclic amines) is 1. The highest BCUT2D eigenvalue weighted by Gasteiger charge is 2.62. The average molecular weight is 642 g/mol. The van der Waals surface area contributed by atoms with Crippen LogP contribution in [0.25, 0.3) is 10.9 Å². The summed E-state index contributed by atoms with van der Waals surface area (Å²) in [4.78, 5) is 28.3. The maximum absolute atomic E-state index is 16.0. The predicted octanol–water partition coefficient (Wildman–Crippen LogP) is 6.60. The molecule has 228 valence electrons. The van der Waals surface area contributed by atoms with E-state index in [-0.39, 0.29) is 35.6 Å². The van der Waals surface area contributed by atoms with E-state index in [0.717, 1.165) is 18.9 Å². The number of nitrogens with one attached hydrogen (secondary N) is 1. The van der Waals surface area contributed by atoms with Crippen LogP contribution in [0.1, 0.15) is 41.6 Å². The summed E-state index contributed by atoms with van der Waals surface area (Å²) in [6.45, 7) is 2.76. The second kappa shape index (κ2) is 10.7. The van der Waals surface area contributed by atoms with E-state index in [1.54, 1.807) is 41.1 Å². The van der Waals surface area contributed by atoms with Crippen molar-refractivity contribution in [3.8, 4) is 5.88 Å². The minimum atomic E-state index is -1.40. The van der Waals surface area contributed by atoms with Crippen molar-refractivity contribution in [1.29, 1.82) is 0 Å². The highest BCUT2D eigenvalue weighted by Crippen LogP contribution is 2.54. The molecule has 2 aliphatic heterocycles. The average Bonchev–Trinajstić information content (AvgIpc) is 3.72. The molecule has 3 heterocycles. The van der Waals surface area contributed by atoms with E-state index in [1.165, 1.54) is 12.1 Å². The van der Waals surface area contributed by atoms with E-state index in [4.69, 9.17) is 27.9 Å². The maximum Gasteiger partial charge on any atom is 0.338 e. The van der Waals surface area contributed by atoms with Gasteiger partial charge in [0.15, 0.2) is 0 Å². The first-order chi connectivity index (χ1) is 21.1. The van der Waals surface area contributed by atoms with Gasteiger partial charge in [0.2, 0.25) is 11.8 Å². The van der Waals surface area contributed by atoms with E-state index in [1.807, 2.05) is 6.92 Å². The molecular formula is C32H28Cl2F2N4O4. The van der Waals surface area contributed by atoms with Crippen molar-refractivity contribution < 1.29 is 28.2 Å². The van der Waals surface area contributed by atoms with Crippen molar-refractivity contribution in [3.05, 3.63) is 87.4 Å². The Hall–Kier alpha value is -3.73. The Balaban J connectivity index is 1.38. The minimum Gasteiger partial charge on any atom is -0.478 e. The van der Waals surface area contributed by atoms with Crippen molar-refractivity contribution in [2.75, 3.05) is 18.5 Å². The lowest BCUT2D eigenvalue weighted by Gasteiger charge is -2.40. The van der Waals surface area contributed by atoms with Gasteiger partial charge in [-0.1, -0.05) is 41.4 Å². The fourth-order valence-electron chi connectivity index (χ4n) is 7.06. The van der Waals surface area contributed by atoms with E-state index in [0.29, 0.717) is 40.0 Å². The van der Waals surface area contributed by atoms with Crippen molar-refractivity contribution >= 4 is 51.7 Å². The molecule has 0 unspecified atom stereocenters. The van der Waals surface area contributed by atoms with Gasteiger partial charge < -0.3 is 15.2 Å². The molecule has 3 aliphatic rings. The smallest absolute Gasteiger partial charge is 0.338 e. The molecule has 4 aromatic rings. The van der Waals surface area contributed by atoms with Crippen LogP contribution in [0, 0.1) is 23.5 Å². The zero-order valence-electron chi connectivity index (χ0n) is 23.6. The van der Waals surface area contributed by atoms with Gasteiger partial charge in [-0.15, -0.1) is 0 Å². The molecule has 44 heavy (non-hydrogen) atoms. The monoisotopic (exact) mass is 640 g/mol. The fourth-order valence-corrected chi connectivity index (χ4v) is 7.43. The van der Waals surface area contributed by atoms with Gasteiger partial charge in [0, 0.05) is 41.7 Å². The quantitative estimate of drug-likeness (QED) is 0.246. The number of aromatic nitrogens is 2. The number of amides is 1. The topological polar surface area (TPSA) is 96.7 Å². The van der Waals surface area contributed by atoms with Crippen molar-refractivity contribution in [2.24, 2.45) is 11.8 Å². The van der Waals surface area contributed by atoms with Crippen LogP contribution in [0.2, 0.25) is 10.0 Å². The summed E-state index contributed by atoms with van der Waals surface area (Å²) in [6.07, 6.45) is 2.04. The molecular weight excluding hydrogens is 613 g/mol. The Kier molecular flexibility index (Phi) is 7.06. The first kappa shape index (κ1) is 29.0. The second-order valence-corrected chi connectivity index (χ2v) is 12.9. The SMILES string of the molecule is C[C@]1(C(=O)Nc2cccc(Cl)c2)[C@@H](c2cccc(Cl)c2F)[C@@H]2Cn3nc4cc(F)c(C(=O)O)cc4c3OC[C@@H]2N1CC1CC1. The Morgan fingerprint density at radius 1 is 1.14 bits per heavy atom. The third kappa shape index (κ3) is 4.71. The number of benzene rings is 3. The molecule has 2 N–H and O–H groups in total. The van der Waals surface area contributed by atoms with Gasteiger partial charge in [-0.2, -0.15) is 5.10 Å². The Labute approximate surface area is 261 Å². The molecule has 1 saturated carbocycles. The van der Waals surface area contributed by atoms with Gasteiger partial charge >= 0.3 is 5.97 Å². The number of carbonyl (C=O) groups is 2. The summed E-state index contributed by atoms with van der Waals surface area (Å²) in [5, 5.41) is 17.9. The number of fused-ring (bicyclic) bond motifs is 4. The molecule has 1 saturated heterocycles. The predicted molar refractivity (Wildman–Crippen MR) is 161 cm³/mol. The lowest BCUT2D eigenvalue weighted by Crippen LogP contribution is -2.57. The number of ether oxygens (including phenoxy) is 1. The van der Waals surface area contributed by atoms with Crippen LogP contribution in [0.3, 0.4) is 0 Å². The van der Waals surface area contributed by atoms with Gasteiger partial charge in [-0.3, -0.25) is 9.69 Å². The number of aromatic carboxylic acids is 1.